The van der Waals surface area contributed by atoms with Gasteiger partial charge in [0, 0.05) is 27.1 Å². The van der Waals surface area contributed by atoms with Gasteiger partial charge in [-0.05, 0) is 13.3 Å². The Hall–Kier alpha value is -1.26. The van der Waals surface area contributed by atoms with Gasteiger partial charge in [0.15, 0.2) is 0 Å². The summed E-state index contributed by atoms with van der Waals surface area (Å²) in [5.74, 6) is -0.216. The molecule has 1 N–H and O–H groups in total. The Morgan fingerprint density at radius 1 is 1.36 bits per heavy atom. The molecule has 14 heavy (non-hydrogen) atoms. The highest BCUT2D eigenvalue weighted by molar-refractivity contribution is 5.73. The summed E-state index contributed by atoms with van der Waals surface area (Å²) in [5.41, 5.74) is 0. The summed E-state index contributed by atoms with van der Waals surface area (Å²) in [5, 5.41) is 2.66. The summed E-state index contributed by atoms with van der Waals surface area (Å²) in [4.78, 5) is 23.3. The predicted molar refractivity (Wildman–Crippen MR) is 53.0 cm³/mol. The molecule has 0 aliphatic heterocycles. The molecule has 0 unspecified atom stereocenters. The van der Waals surface area contributed by atoms with Crippen LogP contribution in [-0.2, 0) is 9.53 Å². The van der Waals surface area contributed by atoms with Crippen LogP contribution in [0.2, 0.25) is 0 Å². The lowest BCUT2D eigenvalue weighted by Gasteiger charge is -2.11. The maximum atomic E-state index is 11.0. The van der Waals surface area contributed by atoms with Crippen molar-refractivity contribution in [3.63, 3.8) is 0 Å². The van der Waals surface area contributed by atoms with Crippen LogP contribution < -0.4 is 5.32 Å². The van der Waals surface area contributed by atoms with Crippen LogP contribution >= 0.6 is 0 Å². The van der Waals surface area contributed by atoms with Crippen molar-refractivity contribution in [1.82, 2.24) is 10.2 Å². The van der Waals surface area contributed by atoms with Gasteiger partial charge >= 0.3 is 12.0 Å². The van der Waals surface area contributed by atoms with Crippen molar-refractivity contribution in [2.45, 2.75) is 19.8 Å². The number of hydrogen-bond donors (Lipinski definition) is 1. The molecule has 0 saturated carbocycles. The molecule has 0 bridgehead atoms. The maximum Gasteiger partial charge on any atom is 0.316 e. The molecule has 0 rings (SSSR count). The number of carbonyl (C=O) groups is 2. The van der Waals surface area contributed by atoms with Crippen LogP contribution in [0, 0.1) is 0 Å². The highest BCUT2D eigenvalue weighted by Crippen LogP contribution is 1.91. The molecule has 0 fully saturated rings. The third-order valence-electron chi connectivity index (χ3n) is 1.55. The zero-order valence-electron chi connectivity index (χ0n) is 9.00. The molecular weight excluding hydrogens is 184 g/mol. The van der Waals surface area contributed by atoms with Gasteiger partial charge < -0.3 is 15.0 Å². The molecule has 0 aromatic rings. The van der Waals surface area contributed by atoms with Gasteiger partial charge in [0.2, 0.25) is 0 Å². The Morgan fingerprint density at radius 2 is 2.00 bits per heavy atom. The Balaban J connectivity index is 3.38. The normalized spacial score (nSPS) is 9.36. The van der Waals surface area contributed by atoms with Crippen LogP contribution in [0.1, 0.15) is 19.8 Å². The molecule has 0 radical (unpaired) electrons. The predicted octanol–water partition coefficient (Wildman–Crippen LogP) is 0.601. The lowest BCUT2D eigenvalue weighted by atomic mass is 10.3. The Morgan fingerprint density at radius 3 is 2.50 bits per heavy atom. The van der Waals surface area contributed by atoms with E-state index in [1.165, 1.54) is 4.90 Å². The summed E-state index contributed by atoms with van der Waals surface area (Å²) in [7, 11) is 3.33. The number of ether oxygens (including phenoxy) is 1. The van der Waals surface area contributed by atoms with E-state index in [1.54, 1.807) is 21.0 Å². The fraction of sp³-hybridized carbons (Fsp3) is 0.778. The van der Waals surface area contributed by atoms with E-state index >= 15 is 0 Å². The van der Waals surface area contributed by atoms with Crippen LogP contribution in [-0.4, -0.2) is 44.1 Å². The minimum Gasteiger partial charge on any atom is -0.466 e. The second kappa shape index (κ2) is 7.17. The molecule has 0 saturated heterocycles. The van der Waals surface area contributed by atoms with E-state index in [4.69, 9.17) is 4.74 Å². The van der Waals surface area contributed by atoms with Crippen molar-refractivity contribution >= 4 is 12.0 Å². The average Bonchev–Trinajstić information content (AvgIpc) is 2.12. The number of nitrogens with zero attached hydrogens (tertiary/aromatic N) is 1. The van der Waals surface area contributed by atoms with Crippen molar-refractivity contribution in [3.8, 4) is 0 Å². The zero-order chi connectivity index (χ0) is 11.0. The van der Waals surface area contributed by atoms with Gasteiger partial charge in [0.1, 0.15) is 0 Å². The fourth-order valence-corrected chi connectivity index (χ4v) is 0.819. The van der Waals surface area contributed by atoms with Gasteiger partial charge in [0.05, 0.1) is 6.61 Å². The lowest BCUT2D eigenvalue weighted by molar-refractivity contribution is -0.143. The highest BCUT2D eigenvalue weighted by atomic mass is 16.5. The minimum absolute atomic E-state index is 0.145. The van der Waals surface area contributed by atoms with Gasteiger partial charge in [0.25, 0.3) is 0 Å². The third-order valence-corrected chi connectivity index (χ3v) is 1.55. The minimum atomic E-state index is -0.216. The number of hydrogen-bond acceptors (Lipinski definition) is 3. The van der Waals surface area contributed by atoms with Gasteiger partial charge in [-0.25, -0.2) is 4.79 Å². The second-order valence-electron chi connectivity index (χ2n) is 3.03. The van der Waals surface area contributed by atoms with Crippen molar-refractivity contribution in [2.24, 2.45) is 0 Å². The van der Waals surface area contributed by atoms with Crippen LogP contribution in [0.5, 0.6) is 0 Å². The molecule has 0 heterocycles. The summed E-state index contributed by atoms with van der Waals surface area (Å²) in [6.07, 6.45) is 0.958. The first kappa shape index (κ1) is 12.7. The Labute approximate surface area is 84.4 Å². The van der Waals surface area contributed by atoms with Gasteiger partial charge in [-0.15, -0.1) is 0 Å². The zero-order valence-corrected chi connectivity index (χ0v) is 9.00. The lowest BCUT2D eigenvalue weighted by Crippen LogP contribution is -2.35. The topological polar surface area (TPSA) is 58.6 Å². The van der Waals surface area contributed by atoms with E-state index in [2.05, 4.69) is 5.32 Å². The van der Waals surface area contributed by atoms with Crippen LogP contribution in [0.25, 0.3) is 0 Å². The average molecular weight is 202 g/mol. The van der Waals surface area contributed by atoms with E-state index in [-0.39, 0.29) is 12.0 Å². The smallest absolute Gasteiger partial charge is 0.316 e. The number of amides is 2. The van der Waals surface area contributed by atoms with Gasteiger partial charge in [-0.3, -0.25) is 4.79 Å². The molecule has 0 atom stereocenters. The Kier molecular flexibility index (Phi) is 6.53. The first-order valence-corrected chi connectivity index (χ1v) is 4.68. The monoisotopic (exact) mass is 202 g/mol. The molecule has 5 nitrogen and oxygen atoms in total. The van der Waals surface area contributed by atoms with Crippen molar-refractivity contribution in [3.05, 3.63) is 0 Å². The molecule has 0 aromatic heterocycles. The first-order chi connectivity index (χ1) is 6.57. The molecule has 0 spiro atoms. The summed E-state index contributed by atoms with van der Waals surface area (Å²) >= 11 is 0. The van der Waals surface area contributed by atoms with Crippen LogP contribution in [0.4, 0.5) is 4.79 Å². The van der Waals surface area contributed by atoms with Crippen molar-refractivity contribution in [2.75, 3.05) is 27.2 Å². The molecule has 82 valence electrons. The van der Waals surface area contributed by atoms with E-state index in [9.17, 15) is 9.59 Å². The SMILES string of the molecule is CCOC(=O)CCCNC(=O)N(C)C. The van der Waals surface area contributed by atoms with Crippen molar-refractivity contribution < 1.29 is 14.3 Å². The highest BCUT2D eigenvalue weighted by Gasteiger charge is 2.03. The van der Waals surface area contributed by atoms with Crippen LogP contribution in [0.15, 0.2) is 0 Å². The standard InChI is InChI=1S/C9H18N2O3/c1-4-14-8(12)6-5-7-10-9(13)11(2)3/h4-7H2,1-3H3,(H,10,13). The number of rotatable bonds is 5. The van der Waals surface area contributed by atoms with E-state index in [0.29, 0.717) is 26.0 Å². The molecule has 0 aromatic carbocycles. The second-order valence-corrected chi connectivity index (χ2v) is 3.03. The molecule has 0 aliphatic rings. The summed E-state index contributed by atoms with van der Waals surface area (Å²) < 4.78 is 4.73. The van der Waals surface area contributed by atoms with Gasteiger partial charge in [-0.1, -0.05) is 0 Å². The summed E-state index contributed by atoms with van der Waals surface area (Å²) in [6, 6.07) is -0.145. The third kappa shape index (κ3) is 6.28. The molecule has 5 heteroatoms. The number of carbonyl (C=O) groups excluding carboxylic acids is 2. The number of nitrogens with one attached hydrogen (secondary N) is 1. The Bertz CT molecular complexity index is 192. The van der Waals surface area contributed by atoms with E-state index in [0.717, 1.165) is 0 Å². The van der Waals surface area contributed by atoms with Crippen LogP contribution in [0.3, 0.4) is 0 Å². The molecular formula is C9H18N2O3. The molecule has 0 aliphatic carbocycles. The maximum absolute atomic E-state index is 11.0. The summed E-state index contributed by atoms with van der Waals surface area (Å²) in [6.45, 7) is 2.67. The van der Waals surface area contributed by atoms with E-state index < -0.39 is 0 Å². The van der Waals surface area contributed by atoms with E-state index in [1.807, 2.05) is 0 Å². The fourth-order valence-electron chi connectivity index (χ4n) is 0.819. The van der Waals surface area contributed by atoms with Crippen molar-refractivity contribution in [1.29, 1.82) is 0 Å². The quantitative estimate of drug-likeness (QED) is 0.524. The first-order valence-electron chi connectivity index (χ1n) is 4.68. The number of esters is 1. The van der Waals surface area contributed by atoms with Gasteiger partial charge in [-0.2, -0.15) is 0 Å². The molecule has 2 amide bonds. The number of urea groups is 1. The largest absolute Gasteiger partial charge is 0.466 e.